The Kier molecular flexibility index (Phi) is 4.89. The summed E-state index contributed by atoms with van der Waals surface area (Å²) in [6, 6.07) is 2.99. The summed E-state index contributed by atoms with van der Waals surface area (Å²) in [7, 11) is 1.45. The van der Waals surface area contributed by atoms with Crippen LogP contribution in [0.4, 0.5) is 0 Å². The normalized spacial score (nSPS) is 20.7. The summed E-state index contributed by atoms with van der Waals surface area (Å²) < 4.78 is 10.4. The predicted octanol–water partition coefficient (Wildman–Crippen LogP) is -0.496. The molecule has 2 amide bonds. The van der Waals surface area contributed by atoms with Gasteiger partial charge in [-0.3, -0.25) is 14.5 Å². The van der Waals surface area contributed by atoms with E-state index in [2.05, 4.69) is 5.32 Å². The van der Waals surface area contributed by atoms with Crippen LogP contribution in [-0.2, 0) is 20.9 Å². The quantitative estimate of drug-likeness (QED) is 0.655. The SMILES string of the molecule is CN1C(=O)CC(NCC(O)COCc2ccco2)C1=O. The molecule has 2 unspecified atom stereocenters. The van der Waals surface area contributed by atoms with Gasteiger partial charge in [0, 0.05) is 13.6 Å². The largest absolute Gasteiger partial charge is 0.467 e. The molecule has 0 aliphatic carbocycles. The van der Waals surface area contributed by atoms with Crippen molar-refractivity contribution in [3.63, 3.8) is 0 Å². The van der Waals surface area contributed by atoms with E-state index in [4.69, 9.17) is 9.15 Å². The Morgan fingerprint density at radius 3 is 3.00 bits per heavy atom. The van der Waals surface area contributed by atoms with E-state index in [1.54, 1.807) is 18.4 Å². The van der Waals surface area contributed by atoms with E-state index >= 15 is 0 Å². The van der Waals surface area contributed by atoms with Crippen LogP contribution in [0.15, 0.2) is 22.8 Å². The minimum absolute atomic E-state index is 0.123. The van der Waals surface area contributed by atoms with Gasteiger partial charge in [-0.25, -0.2) is 0 Å². The van der Waals surface area contributed by atoms with E-state index in [0.29, 0.717) is 5.76 Å². The Morgan fingerprint density at radius 2 is 2.40 bits per heavy atom. The number of aliphatic hydroxyl groups excluding tert-OH is 1. The van der Waals surface area contributed by atoms with Gasteiger partial charge in [-0.05, 0) is 12.1 Å². The summed E-state index contributed by atoms with van der Waals surface area (Å²) in [5, 5.41) is 12.6. The molecule has 1 aromatic rings. The van der Waals surface area contributed by atoms with Gasteiger partial charge in [0.15, 0.2) is 0 Å². The first-order valence-corrected chi connectivity index (χ1v) is 6.40. The second-order valence-electron chi connectivity index (χ2n) is 4.70. The highest BCUT2D eigenvalue weighted by Crippen LogP contribution is 2.10. The van der Waals surface area contributed by atoms with Gasteiger partial charge in [-0.15, -0.1) is 0 Å². The minimum Gasteiger partial charge on any atom is -0.467 e. The number of carbonyl (C=O) groups is 2. The number of rotatable bonds is 7. The Labute approximate surface area is 116 Å². The fourth-order valence-corrected chi connectivity index (χ4v) is 1.94. The van der Waals surface area contributed by atoms with Gasteiger partial charge in [0.2, 0.25) is 11.8 Å². The van der Waals surface area contributed by atoms with E-state index in [1.165, 1.54) is 7.05 Å². The van der Waals surface area contributed by atoms with Crippen molar-refractivity contribution in [3.8, 4) is 0 Å². The van der Waals surface area contributed by atoms with Gasteiger partial charge in [0.05, 0.1) is 31.4 Å². The molecule has 1 saturated heterocycles. The number of imide groups is 1. The third-order valence-electron chi connectivity index (χ3n) is 3.12. The summed E-state index contributed by atoms with van der Waals surface area (Å²) in [6.07, 6.45) is 0.935. The van der Waals surface area contributed by atoms with Crippen LogP contribution in [0.5, 0.6) is 0 Å². The molecule has 20 heavy (non-hydrogen) atoms. The second kappa shape index (κ2) is 6.65. The molecule has 0 aromatic carbocycles. The van der Waals surface area contributed by atoms with Gasteiger partial charge < -0.3 is 19.6 Å². The number of likely N-dealkylation sites (N-methyl/N-ethyl adjacent to an activating group) is 1. The lowest BCUT2D eigenvalue weighted by Crippen LogP contribution is -2.41. The zero-order valence-electron chi connectivity index (χ0n) is 11.2. The first-order chi connectivity index (χ1) is 9.58. The molecule has 7 heteroatoms. The molecule has 2 atom stereocenters. The number of aliphatic hydroxyl groups is 1. The summed E-state index contributed by atoms with van der Waals surface area (Å²) >= 11 is 0. The summed E-state index contributed by atoms with van der Waals surface area (Å²) in [4.78, 5) is 24.0. The number of likely N-dealkylation sites (tertiary alicyclic amines) is 1. The zero-order chi connectivity index (χ0) is 14.5. The lowest BCUT2D eigenvalue weighted by Gasteiger charge is -2.15. The smallest absolute Gasteiger partial charge is 0.246 e. The number of nitrogens with zero attached hydrogens (tertiary/aromatic N) is 1. The standard InChI is InChI=1S/C13H18N2O5/c1-15-12(17)5-11(13(15)18)14-6-9(16)7-19-8-10-3-2-4-20-10/h2-4,9,11,14,16H,5-8H2,1H3. The van der Waals surface area contributed by atoms with Crippen LogP contribution < -0.4 is 5.32 Å². The molecule has 0 saturated carbocycles. The fraction of sp³-hybridized carbons (Fsp3) is 0.538. The molecule has 7 nitrogen and oxygen atoms in total. The van der Waals surface area contributed by atoms with Crippen molar-refractivity contribution >= 4 is 11.8 Å². The molecule has 1 aromatic heterocycles. The highest BCUT2D eigenvalue weighted by atomic mass is 16.5. The maximum Gasteiger partial charge on any atom is 0.246 e. The van der Waals surface area contributed by atoms with Crippen LogP contribution in [0, 0.1) is 0 Å². The summed E-state index contributed by atoms with van der Waals surface area (Å²) in [6.45, 7) is 0.599. The fourth-order valence-electron chi connectivity index (χ4n) is 1.94. The number of carbonyl (C=O) groups excluding carboxylic acids is 2. The van der Waals surface area contributed by atoms with Crippen molar-refractivity contribution < 1.29 is 23.8 Å². The average Bonchev–Trinajstić information content (AvgIpc) is 3.01. The Morgan fingerprint density at radius 1 is 1.60 bits per heavy atom. The van der Waals surface area contributed by atoms with Crippen molar-refractivity contribution in [2.75, 3.05) is 20.2 Å². The third-order valence-corrected chi connectivity index (χ3v) is 3.12. The Balaban J connectivity index is 1.64. The zero-order valence-corrected chi connectivity index (χ0v) is 11.2. The van der Waals surface area contributed by atoms with Crippen LogP contribution in [0.25, 0.3) is 0 Å². The molecular formula is C13H18N2O5. The molecule has 0 radical (unpaired) electrons. The van der Waals surface area contributed by atoms with E-state index in [9.17, 15) is 14.7 Å². The molecule has 1 aliphatic heterocycles. The van der Waals surface area contributed by atoms with E-state index in [0.717, 1.165) is 4.90 Å². The van der Waals surface area contributed by atoms with Crippen molar-refractivity contribution in [2.45, 2.75) is 25.2 Å². The number of amides is 2. The van der Waals surface area contributed by atoms with Gasteiger partial charge >= 0.3 is 0 Å². The Bertz CT molecular complexity index is 459. The molecule has 0 bridgehead atoms. The van der Waals surface area contributed by atoms with Crippen LogP contribution in [-0.4, -0.2) is 54.2 Å². The number of nitrogens with one attached hydrogen (secondary N) is 1. The molecule has 0 spiro atoms. The highest BCUT2D eigenvalue weighted by Gasteiger charge is 2.35. The predicted molar refractivity (Wildman–Crippen MR) is 68.6 cm³/mol. The first-order valence-electron chi connectivity index (χ1n) is 6.40. The first kappa shape index (κ1) is 14.7. The van der Waals surface area contributed by atoms with Crippen molar-refractivity contribution in [1.29, 1.82) is 0 Å². The van der Waals surface area contributed by atoms with Gasteiger partial charge in [0.1, 0.15) is 12.4 Å². The molecule has 110 valence electrons. The average molecular weight is 282 g/mol. The topological polar surface area (TPSA) is 92.0 Å². The number of ether oxygens (including phenoxy) is 1. The molecule has 1 fully saturated rings. The van der Waals surface area contributed by atoms with Gasteiger partial charge in [0.25, 0.3) is 0 Å². The maximum absolute atomic E-state index is 11.6. The minimum atomic E-state index is -0.751. The lowest BCUT2D eigenvalue weighted by atomic mass is 10.2. The summed E-state index contributed by atoms with van der Waals surface area (Å²) in [5.41, 5.74) is 0. The molecule has 2 heterocycles. The lowest BCUT2D eigenvalue weighted by molar-refractivity contribution is -0.137. The van der Waals surface area contributed by atoms with E-state index in [-0.39, 0.29) is 38.0 Å². The maximum atomic E-state index is 11.6. The van der Waals surface area contributed by atoms with E-state index in [1.807, 2.05) is 0 Å². The molecule has 2 N–H and O–H groups in total. The second-order valence-corrected chi connectivity index (χ2v) is 4.70. The molecule has 2 rings (SSSR count). The summed E-state index contributed by atoms with van der Waals surface area (Å²) in [5.74, 6) is 0.207. The number of hydrogen-bond donors (Lipinski definition) is 2. The van der Waals surface area contributed by atoms with Crippen molar-refractivity contribution in [3.05, 3.63) is 24.2 Å². The third kappa shape index (κ3) is 3.66. The van der Waals surface area contributed by atoms with Crippen molar-refractivity contribution in [1.82, 2.24) is 10.2 Å². The number of hydrogen-bond acceptors (Lipinski definition) is 6. The monoisotopic (exact) mass is 282 g/mol. The molecule has 1 aliphatic rings. The van der Waals surface area contributed by atoms with Gasteiger partial charge in [-0.1, -0.05) is 0 Å². The van der Waals surface area contributed by atoms with Crippen molar-refractivity contribution in [2.24, 2.45) is 0 Å². The van der Waals surface area contributed by atoms with Crippen LogP contribution >= 0.6 is 0 Å². The molecular weight excluding hydrogens is 264 g/mol. The van der Waals surface area contributed by atoms with Crippen LogP contribution in [0.1, 0.15) is 12.2 Å². The highest BCUT2D eigenvalue weighted by molar-refractivity contribution is 6.05. The van der Waals surface area contributed by atoms with Crippen LogP contribution in [0.3, 0.4) is 0 Å². The number of furan rings is 1. The van der Waals surface area contributed by atoms with Gasteiger partial charge in [-0.2, -0.15) is 0 Å². The Hall–Kier alpha value is -1.70. The van der Waals surface area contributed by atoms with Crippen LogP contribution in [0.2, 0.25) is 0 Å². The van der Waals surface area contributed by atoms with E-state index < -0.39 is 12.1 Å².